The Morgan fingerprint density at radius 1 is 0.741 bits per heavy atom. The summed E-state index contributed by atoms with van der Waals surface area (Å²) in [4.78, 5) is 23.9. The molecule has 2 aromatic carbocycles. The molecule has 0 radical (unpaired) electrons. The zero-order valence-corrected chi connectivity index (χ0v) is 15.5. The third-order valence-electron chi connectivity index (χ3n) is 4.20. The second kappa shape index (κ2) is 7.12. The average Bonchev–Trinajstić information content (AvgIpc) is 2.99. The largest absolute Gasteiger partial charge is 0.272 e. The first-order chi connectivity index (χ1) is 12.7. The maximum Gasteiger partial charge on any atom is 0.252 e. The minimum absolute atomic E-state index is 0.0860. The van der Waals surface area contributed by atoms with Crippen LogP contribution in [0.5, 0.6) is 0 Å². The number of amides is 2. The van der Waals surface area contributed by atoms with E-state index in [0.717, 1.165) is 0 Å². The third kappa shape index (κ3) is 3.71. The number of carbonyl (C=O) groups is 2. The quantitative estimate of drug-likeness (QED) is 0.652. The molecular formula is C17H16N2O6S2. The SMILES string of the molecule is O=C1NNC(=O)C1C(CS(=O)(=O)c1ccccc1)S(=O)(=O)c1ccccc1. The normalized spacial score (nSPS) is 16.6. The number of hydrogen-bond acceptors (Lipinski definition) is 6. The molecule has 10 heteroatoms. The molecule has 1 saturated heterocycles. The first-order valence-electron chi connectivity index (χ1n) is 7.90. The Morgan fingerprint density at radius 3 is 1.67 bits per heavy atom. The van der Waals surface area contributed by atoms with E-state index < -0.39 is 48.4 Å². The molecule has 3 rings (SSSR count). The van der Waals surface area contributed by atoms with Gasteiger partial charge in [-0.05, 0) is 24.3 Å². The molecule has 2 N–H and O–H groups in total. The van der Waals surface area contributed by atoms with Crippen molar-refractivity contribution in [1.82, 2.24) is 10.9 Å². The Kier molecular flexibility index (Phi) is 5.03. The van der Waals surface area contributed by atoms with Crippen LogP contribution in [0.2, 0.25) is 0 Å². The lowest BCUT2D eigenvalue weighted by Gasteiger charge is -2.20. The van der Waals surface area contributed by atoms with Gasteiger partial charge in [0.2, 0.25) is 0 Å². The number of carbonyl (C=O) groups excluding carboxylic acids is 2. The Hall–Kier alpha value is -2.72. The van der Waals surface area contributed by atoms with E-state index in [1.54, 1.807) is 12.1 Å². The van der Waals surface area contributed by atoms with Crippen molar-refractivity contribution in [2.75, 3.05) is 5.75 Å². The topological polar surface area (TPSA) is 126 Å². The van der Waals surface area contributed by atoms with Crippen LogP contribution in [-0.2, 0) is 29.3 Å². The van der Waals surface area contributed by atoms with Gasteiger partial charge in [0.1, 0.15) is 11.2 Å². The van der Waals surface area contributed by atoms with E-state index in [4.69, 9.17) is 0 Å². The highest BCUT2D eigenvalue weighted by molar-refractivity contribution is 7.95. The van der Waals surface area contributed by atoms with Gasteiger partial charge in [-0.15, -0.1) is 0 Å². The molecule has 142 valence electrons. The first kappa shape index (κ1) is 19.1. The lowest BCUT2D eigenvalue weighted by molar-refractivity contribution is -0.127. The van der Waals surface area contributed by atoms with Gasteiger partial charge in [-0.3, -0.25) is 20.4 Å². The fourth-order valence-electron chi connectivity index (χ4n) is 2.83. The zero-order valence-electron chi connectivity index (χ0n) is 13.9. The van der Waals surface area contributed by atoms with Gasteiger partial charge < -0.3 is 0 Å². The first-order valence-corrected chi connectivity index (χ1v) is 11.1. The smallest absolute Gasteiger partial charge is 0.252 e. The highest BCUT2D eigenvalue weighted by Crippen LogP contribution is 2.27. The van der Waals surface area contributed by atoms with E-state index >= 15 is 0 Å². The fourth-order valence-corrected chi connectivity index (χ4v) is 6.96. The standard InChI is InChI=1S/C17H16N2O6S2/c20-16-15(17(21)19-18-16)14(27(24,25)13-9-5-2-6-10-13)11-26(22,23)12-7-3-1-4-8-12/h1-10,14-15H,11H2,(H,18,20)(H,19,21). The van der Waals surface area contributed by atoms with Gasteiger partial charge in [-0.25, -0.2) is 16.8 Å². The predicted octanol–water partition coefficient (Wildman–Crippen LogP) is 0.0800. The highest BCUT2D eigenvalue weighted by atomic mass is 32.2. The third-order valence-corrected chi connectivity index (χ3v) is 8.37. The molecule has 1 aliphatic rings. The molecule has 1 unspecified atom stereocenters. The molecule has 8 nitrogen and oxygen atoms in total. The van der Waals surface area contributed by atoms with Crippen molar-refractivity contribution in [2.45, 2.75) is 15.0 Å². The van der Waals surface area contributed by atoms with Crippen molar-refractivity contribution in [1.29, 1.82) is 0 Å². The van der Waals surface area contributed by atoms with Crippen LogP contribution in [0.15, 0.2) is 70.5 Å². The maximum atomic E-state index is 13.1. The van der Waals surface area contributed by atoms with Crippen LogP contribution in [0.3, 0.4) is 0 Å². The van der Waals surface area contributed by atoms with Crippen molar-refractivity contribution in [3.05, 3.63) is 60.7 Å². The van der Waals surface area contributed by atoms with Crippen LogP contribution in [0, 0.1) is 5.92 Å². The van der Waals surface area contributed by atoms with E-state index in [9.17, 15) is 26.4 Å². The van der Waals surface area contributed by atoms with Crippen LogP contribution in [-0.4, -0.2) is 39.7 Å². The molecule has 0 saturated carbocycles. The second-order valence-corrected chi connectivity index (χ2v) is 10.1. The van der Waals surface area contributed by atoms with Crippen molar-refractivity contribution in [3.63, 3.8) is 0 Å². The monoisotopic (exact) mass is 408 g/mol. The van der Waals surface area contributed by atoms with Crippen molar-refractivity contribution in [2.24, 2.45) is 5.92 Å². The van der Waals surface area contributed by atoms with Crippen LogP contribution in [0.25, 0.3) is 0 Å². The summed E-state index contributed by atoms with van der Waals surface area (Å²) >= 11 is 0. The number of hydrazine groups is 1. The summed E-state index contributed by atoms with van der Waals surface area (Å²) in [6.07, 6.45) is 0. The number of nitrogens with one attached hydrogen (secondary N) is 2. The molecule has 0 spiro atoms. The van der Waals surface area contributed by atoms with Crippen LogP contribution < -0.4 is 10.9 Å². The number of rotatable bonds is 6. The molecular weight excluding hydrogens is 392 g/mol. The Balaban J connectivity index is 2.09. The highest BCUT2D eigenvalue weighted by Gasteiger charge is 2.48. The molecule has 0 aromatic heterocycles. The van der Waals surface area contributed by atoms with Crippen LogP contribution in [0.4, 0.5) is 0 Å². The molecule has 1 aliphatic heterocycles. The minimum atomic E-state index is -4.29. The fraction of sp³-hybridized carbons (Fsp3) is 0.176. The maximum absolute atomic E-state index is 13.1. The average molecular weight is 408 g/mol. The van der Waals surface area contributed by atoms with Crippen molar-refractivity contribution >= 4 is 31.5 Å². The summed E-state index contributed by atoms with van der Waals surface area (Å²) in [6, 6.07) is 14.4. The molecule has 0 bridgehead atoms. The summed E-state index contributed by atoms with van der Waals surface area (Å²) in [6.45, 7) is 0. The summed E-state index contributed by atoms with van der Waals surface area (Å²) in [5.74, 6) is -4.34. The van der Waals surface area contributed by atoms with Crippen molar-refractivity contribution in [3.8, 4) is 0 Å². The van der Waals surface area contributed by atoms with E-state index in [2.05, 4.69) is 10.9 Å². The molecule has 2 amide bonds. The Morgan fingerprint density at radius 2 is 1.19 bits per heavy atom. The summed E-state index contributed by atoms with van der Waals surface area (Å²) < 4.78 is 51.7. The Labute approximate surface area is 156 Å². The molecule has 1 atom stereocenters. The van der Waals surface area contributed by atoms with Gasteiger partial charge in [-0.1, -0.05) is 36.4 Å². The van der Waals surface area contributed by atoms with Gasteiger partial charge in [-0.2, -0.15) is 0 Å². The molecule has 1 fully saturated rings. The van der Waals surface area contributed by atoms with E-state index in [0.29, 0.717) is 0 Å². The molecule has 27 heavy (non-hydrogen) atoms. The Bertz CT molecular complexity index is 1050. The van der Waals surface area contributed by atoms with Crippen molar-refractivity contribution < 1.29 is 26.4 Å². The van der Waals surface area contributed by atoms with E-state index in [1.807, 2.05) is 0 Å². The second-order valence-electron chi connectivity index (χ2n) is 5.95. The lowest BCUT2D eigenvalue weighted by Crippen LogP contribution is -2.42. The minimum Gasteiger partial charge on any atom is -0.272 e. The van der Waals surface area contributed by atoms with Gasteiger partial charge >= 0.3 is 0 Å². The lowest BCUT2D eigenvalue weighted by atomic mass is 10.1. The molecule has 1 heterocycles. The molecule has 0 aliphatic carbocycles. The number of sulfone groups is 2. The summed E-state index contributed by atoms with van der Waals surface area (Å²) in [7, 11) is -8.37. The summed E-state index contributed by atoms with van der Waals surface area (Å²) in [5.41, 5.74) is 4.10. The van der Waals surface area contributed by atoms with Gasteiger partial charge in [0, 0.05) is 0 Å². The summed E-state index contributed by atoms with van der Waals surface area (Å²) in [5, 5.41) is -1.77. The van der Waals surface area contributed by atoms with E-state index in [-0.39, 0.29) is 9.79 Å². The van der Waals surface area contributed by atoms with Gasteiger partial charge in [0.25, 0.3) is 11.8 Å². The van der Waals surface area contributed by atoms with E-state index in [1.165, 1.54) is 48.5 Å². The predicted molar refractivity (Wildman–Crippen MR) is 95.7 cm³/mol. The molecule has 2 aromatic rings. The van der Waals surface area contributed by atoms with Crippen LogP contribution >= 0.6 is 0 Å². The van der Waals surface area contributed by atoms with Crippen LogP contribution in [0.1, 0.15) is 0 Å². The van der Waals surface area contributed by atoms with Gasteiger partial charge in [0.15, 0.2) is 19.7 Å². The number of benzene rings is 2. The number of hydrogen-bond donors (Lipinski definition) is 2. The zero-order chi connectivity index (χ0) is 19.7. The van der Waals surface area contributed by atoms with Gasteiger partial charge in [0.05, 0.1) is 15.5 Å².